The third kappa shape index (κ3) is 4.48. The SMILES string of the molecule is COC1CN(CCNc2ccc(Br)cc2)CCC1C. The van der Waals surface area contributed by atoms with Crippen molar-refractivity contribution in [2.45, 2.75) is 19.4 Å². The van der Waals surface area contributed by atoms with Gasteiger partial charge in [0.05, 0.1) is 6.10 Å². The molecule has 0 amide bonds. The molecular formula is C15H23BrN2O. The molecule has 2 atom stereocenters. The average Bonchev–Trinajstić information content (AvgIpc) is 2.43. The lowest BCUT2D eigenvalue weighted by molar-refractivity contribution is -0.00357. The maximum absolute atomic E-state index is 5.54. The predicted octanol–water partition coefficient (Wildman–Crippen LogP) is 3.22. The van der Waals surface area contributed by atoms with E-state index in [9.17, 15) is 0 Å². The zero-order chi connectivity index (χ0) is 13.7. The van der Waals surface area contributed by atoms with Crippen LogP contribution in [0.3, 0.4) is 0 Å². The minimum absolute atomic E-state index is 0.390. The first-order valence-corrected chi connectivity index (χ1v) is 7.73. The van der Waals surface area contributed by atoms with Gasteiger partial charge >= 0.3 is 0 Å². The predicted molar refractivity (Wildman–Crippen MR) is 83.6 cm³/mol. The largest absolute Gasteiger partial charge is 0.384 e. The summed E-state index contributed by atoms with van der Waals surface area (Å²) in [6, 6.07) is 8.32. The summed E-state index contributed by atoms with van der Waals surface area (Å²) in [6.07, 6.45) is 1.62. The molecule has 4 heteroatoms. The van der Waals surface area contributed by atoms with Crippen molar-refractivity contribution in [2.75, 3.05) is 38.6 Å². The highest BCUT2D eigenvalue weighted by Crippen LogP contribution is 2.19. The van der Waals surface area contributed by atoms with Crippen LogP contribution in [-0.2, 0) is 4.74 Å². The zero-order valence-corrected chi connectivity index (χ0v) is 13.3. The molecule has 1 N–H and O–H groups in total. The second-order valence-electron chi connectivity index (χ2n) is 5.27. The minimum atomic E-state index is 0.390. The lowest BCUT2D eigenvalue weighted by Gasteiger charge is -2.36. The first kappa shape index (κ1) is 14.8. The Morgan fingerprint density at radius 1 is 1.37 bits per heavy atom. The van der Waals surface area contributed by atoms with Crippen LogP contribution in [0.25, 0.3) is 0 Å². The maximum Gasteiger partial charge on any atom is 0.0724 e. The molecule has 1 heterocycles. The molecule has 1 saturated heterocycles. The Morgan fingerprint density at radius 3 is 2.79 bits per heavy atom. The fourth-order valence-corrected chi connectivity index (χ4v) is 2.80. The molecule has 1 aliphatic heterocycles. The van der Waals surface area contributed by atoms with E-state index in [1.54, 1.807) is 0 Å². The second-order valence-corrected chi connectivity index (χ2v) is 6.19. The smallest absolute Gasteiger partial charge is 0.0724 e. The molecule has 0 spiro atoms. The van der Waals surface area contributed by atoms with Gasteiger partial charge < -0.3 is 10.1 Å². The van der Waals surface area contributed by atoms with Crippen LogP contribution < -0.4 is 5.32 Å². The summed E-state index contributed by atoms with van der Waals surface area (Å²) in [5.74, 6) is 0.681. The van der Waals surface area contributed by atoms with Crippen molar-refractivity contribution in [1.29, 1.82) is 0 Å². The summed E-state index contributed by atoms with van der Waals surface area (Å²) < 4.78 is 6.66. The molecule has 1 fully saturated rings. The van der Waals surface area contributed by atoms with Gasteiger partial charge in [0.2, 0.25) is 0 Å². The Balaban J connectivity index is 1.72. The highest BCUT2D eigenvalue weighted by atomic mass is 79.9. The van der Waals surface area contributed by atoms with Crippen LogP contribution in [0.1, 0.15) is 13.3 Å². The first-order chi connectivity index (χ1) is 9.19. The van der Waals surface area contributed by atoms with E-state index in [1.165, 1.54) is 18.7 Å². The number of benzene rings is 1. The Bertz CT molecular complexity index is 382. The number of ether oxygens (including phenoxy) is 1. The quantitative estimate of drug-likeness (QED) is 0.899. The topological polar surface area (TPSA) is 24.5 Å². The molecule has 0 radical (unpaired) electrons. The fraction of sp³-hybridized carbons (Fsp3) is 0.600. The molecule has 0 aromatic heterocycles. The number of rotatable bonds is 5. The van der Waals surface area contributed by atoms with Crippen LogP contribution in [0.5, 0.6) is 0 Å². The van der Waals surface area contributed by atoms with Gasteiger partial charge in [-0.05, 0) is 43.1 Å². The van der Waals surface area contributed by atoms with Crippen LogP contribution in [0.2, 0.25) is 0 Å². The van der Waals surface area contributed by atoms with Gasteiger partial charge in [-0.15, -0.1) is 0 Å². The van der Waals surface area contributed by atoms with Crippen molar-refractivity contribution in [1.82, 2.24) is 4.90 Å². The molecule has 2 rings (SSSR count). The minimum Gasteiger partial charge on any atom is -0.384 e. The molecule has 1 aromatic rings. The number of piperidine rings is 1. The summed E-state index contributed by atoms with van der Waals surface area (Å²) >= 11 is 3.45. The number of halogens is 1. The molecule has 0 saturated carbocycles. The first-order valence-electron chi connectivity index (χ1n) is 6.93. The highest BCUT2D eigenvalue weighted by Gasteiger charge is 2.25. The highest BCUT2D eigenvalue weighted by molar-refractivity contribution is 9.10. The molecule has 1 aliphatic rings. The number of nitrogens with one attached hydrogen (secondary N) is 1. The molecule has 2 unspecified atom stereocenters. The summed E-state index contributed by atoms with van der Waals surface area (Å²) in [6.45, 7) is 6.57. The third-order valence-corrected chi connectivity index (χ3v) is 4.41. The molecule has 0 aliphatic carbocycles. The van der Waals surface area contributed by atoms with E-state index in [2.05, 4.69) is 57.3 Å². The van der Waals surface area contributed by atoms with Gasteiger partial charge in [-0.1, -0.05) is 22.9 Å². The van der Waals surface area contributed by atoms with Gasteiger partial charge in [0.25, 0.3) is 0 Å². The average molecular weight is 327 g/mol. The Kier molecular flexibility index (Phi) is 5.67. The third-order valence-electron chi connectivity index (χ3n) is 3.88. The number of methoxy groups -OCH3 is 1. The summed E-state index contributed by atoms with van der Waals surface area (Å²) in [5.41, 5.74) is 1.18. The van der Waals surface area contributed by atoms with E-state index in [-0.39, 0.29) is 0 Å². The Morgan fingerprint density at radius 2 is 2.11 bits per heavy atom. The van der Waals surface area contributed by atoms with Gasteiger partial charge in [-0.3, -0.25) is 4.90 Å². The normalized spacial score (nSPS) is 24.4. The lowest BCUT2D eigenvalue weighted by Crippen LogP contribution is -2.45. The van der Waals surface area contributed by atoms with E-state index in [0.717, 1.165) is 24.1 Å². The molecule has 0 bridgehead atoms. The standard InChI is InChI=1S/C15H23BrN2O/c1-12-7-9-18(11-15(12)19-2)10-8-17-14-5-3-13(16)4-6-14/h3-6,12,15,17H,7-11H2,1-2H3. The van der Waals surface area contributed by atoms with Gasteiger partial charge in [0.15, 0.2) is 0 Å². The molecular weight excluding hydrogens is 304 g/mol. The van der Waals surface area contributed by atoms with Crippen LogP contribution in [0, 0.1) is 5.92 Å². The second kappa shape index (κ2) is 7.27. The van der Waals surface area contributed by atoms with E-state index in [4.69, 9.17) is 4.74 Å². The van der Waals surface area contributed by atoms with Crippen molar-refractivity contribution < 1.29 is 4.74 Å². The number of hydrogen-bond donors (Lipinski definition) is 1. The molecule has 3 nitrogen and oxygen atoms in total. The molecule has 106 valence electrons. The van der Waals surface area contributed by atoms with Gasteiger partial charge in [-0.2, -0.15) is 0 Å². The maximum atomic E-state index is 5.54. The van der Waals surface area contributed by atoms with Crippen LogP contribution >= 0.6 is 15.9 Å². The Hall–Kier alpha value is -0.580. The van der Waals surface area contributed by atoms with Gasteiger partial charge in [0, 0.05) is 36.9 Å². The van der Waals surface area contributed by atoms with E-state index >= 15 is 0 Å². The summed E-state index contributed by atoms with van der Waals surface area (Å²) in [7, 11) is 1.82. The molecule has 1 aromatic carbocycles. The zero-order valence-electron chi connectivity index (χ0n) is 11.7. The van der Waals surface area contributed by atoms with Gasteiger partial charge in [0.1, 0.15) is 0 Å². The van der Waals surface area contributed by atoms with E-state index in [1.807, 2.05) is 7.11 Å². The summed E-state index contributed by atoms with van der Waals surface area (Å²) in [4.78, 5) is 2.49. The van der Waals surface area contributed by atoms with Crippen molar-refractivity contribution in [3.8, 4) is 0 Å². The Labute approximate surface area is 124 Å². The summed E-state index contributed by atoms with van der Waals surface area (Å²) in [5, 5.41) is 3.46. The van der Waals surface area contributed by atoms with Crippen molar-refractivity contribution in [3.05, 3.63) is 28.7 Å². The molecule has 19 heavy (non-hydrogen) atoms. The van der Waals surface area contributed by atoms with Crippen molar-refractivity contribution in [2.24, 2.45) is 5.92 Å². The van der Waals surface area contributed by atoms with Crippen molar-refractivity contribution in [3.63, 3.8) is 0 Å². The van der Waals surface area contributed by atoms with Crippen molar-refractivity contribution >= 4 is 21.6 Å². The monoisotopic (exact) mass is 326 g/mol. The van der Waals surface area contributed by atoms with E-state index < -0.39 is 0 Å². The number of anilines is 1. The number of hydrogen-bond acceptors (Lipinski definition) is 3. The number of likely N-dealkylation sites (tertiary alicyclic amines) is 1. The fourth-order valence-electron chi connectivity index (χ4n) is 2.53. The van der Waals surface area contributed by atoms with E-state index in [0.29, 0.717) is 12.0 Å². The van der Waals surface area contributed by atoms with Crippen LogP contribution in [0.4, 0.5) is 5.69 Å². The van der Waals surface area contributed by atoms with Gasteiger partial charge in [-0.25, -0.2) is 0 Å². The lowest BCUT2D eigenvalue weighted by atomic mass is 9.96. The van der Waals surface area contributed by atoms with Crippen LogP contribution in [0.15, 0.2) is 28.7 Å². The number of nitrogens with zero attached hydrogens (tertiary/aromatic N) is 1. The van der Waals surface area contributed by atoms with Crippen LogP contribution in [-0.4, -0.2) is 44.3 Å².